The number of aromatic hydroxyl groups is 1. The maximum Gasteiger partial charge on any atom is 0.294 e. The summed E-state index contributed by atoms with van der Waals surface area (Å²) in [6.07, 6.45) is 0. The molecule has 0 aliphatic rings. The van der Waals surface area contributed by atoms with Gasteiger partial charge in [0.1, 0.15) is 11.4 Å². The maximum absolute atomic E-state index is 11.2. The Bertz CT molecular complexity index is 1290. The van der Waals surface area contributed by atoms with E-state index in [1.54, 1.807) is 0 Å². The fourth-order valence-corrected chi connectivity index (χ4v) is 3.40. The number of fused-ring (bicyclic) bond motifs is 1. The van der Waals surface area contributed by atoms with Crippen LogP contribution in [0.4, 0.5) is 11.4 Å². The van der Waals surface area contributed by atoms with Crippen LogP contribution in [-0.4, -0.2) is 60.6 Å². The molecule has 0 aromatic heterocycles. The van der Waals surface area contributed by atoms with Crippen LogP contribution in [0.2, 0.25) is 0 Å². The van der Waals surface area contributed by atoms with Crippen molar-refractivity contribution in [1.29, 1.82) is 0 Å². The average molecular weight is 431 g/mol. The maximum atomic E-state index is 11.2. The van der Waals surface area contributed by atoms with Crippen LogP contribution in [0.5, 0.6) is 5.75 Å². The predicted octanol–water partition coefficient (Wildman–Crippen LogP) is 3.07. The molecule has 3 rings (SSSR count). The van der Waals surface area contributed by atoms with E-state index >= 15 is 0 Å². The summed E-state index contributed by atoms with van der Waals surface area (Å²) in [5, 5.41) is 18.5. The van der Waals surface area contributed by atoms with Crippen LogP contribution in [0, 0.1) is 0 Å². The van der Waals surface area contributed by atoms with Gasteiger partial charge in [0.15, 0.2) is 0 Å². The Morgan fingerprint density at radius 3 is 2.04 bits per heavy atom. The first-order valence-corrected chi connectivity index (χ1v) is 10.2. The van der Waals surface area contributed by atoms with Gasteiger partial charge in [-0.05, 0) is 41.8 Å². The second-order valence-corrected chi connectivity index (χ2v) is 8.31. The fourth-order valence-electron chi connectivity index (χ4n) is 2.36. The average Bonchev–Trinajstić information content (AvgIpc) is 2.59. The summed E-state index contributed by atoms with van der Waals surface area (Å²) >= 11 is 0. The topological polar surface area (TPSA) is 154 Å². The van der Waals surface area contributed by atoms with E-state index in [1.165, 1.54) is 42.5 Å². The third kappa shape index (κ3) is 4.94. The molecule has 12 heteroatoms. The van der Waals surface area contributed by atoms with Crippen LogP contribution in [0.15, 0.2) is 74.6 Å². The number of azo groups is 1. The summed E-state index contributed by atoms with van der Waals surface area (Å²) in [4.78, 5) is -0.677. The molecule has 0 aliphatic heterocycles. The largest absolute Gasteiger partial charge is 0.506 e. The first-order chi connectivity index (χ1) is 12.6. The Morgan fingerprint density at radius 1 is 0.750 bits per heavy atom. The fraction of sp³-hybridized carbons (Fsp3) is 0. The van der Waals surface area contributed by atoms with E-state index in [0.29, 0.717) is 10.8 Å². The van der Waals surface area contributed by atoms with Gasteiger partial charge < -0.3 is 5.11 Å². The van der Waals surface area contributed by atoms with E-state index in [2.05, 4.69) is 10.2 Å². The molecule has 1 radical (unpaired) electrons. The van der Waals surface area contributed by atoms with E-state index in [1.807, 2.05) is 0 Å². The van der Waals surface area contributed by atoms with E-state index in [4.69, 9.17) is 9.11 Å². The van der Waals surface area contributed by atoms with E-state index in [9.17, 15) is 21.9 Å². The summed E-state index contributed by atoms with van der Waals surface area (Å²) in [6.45, 7) is 0. The Balaban J connectivity index is 0.00000280. The zero-order valence-electron chi connectivity index (χ0n) is 14.4. The summed E-state index contributed by atoms with van der Waals surface area (Å²) in [5.41, 5.74) is 0.128. The van der Waals surface area contributed by atoms with Gasteiger partial charge >= 0.3 is 0 Å². The van der Waals surface area contributed by atoms with Gasteiger partial charge in [-0.25, -0.2) is 0 Å². The van der Waals surface area contributed by atoms with Crippen molar-refractivity contribution in [3.63, 3.8) is 0 Å². The normalized spacial score (nSPS) is 12.2. The number of rotatable bonds is 4. The Kier molecular flexibility index (Phi) is 6.61. The first kappa shape index (κ1) is 22.4. The molecular formula is C16H12N2NaO7S2. The minimum Gasteiger partial charge on any atom is -0.506 e. The van der Waals surface area contributed by atoms with Crippen molar-refractivity contribution in [1.82, 2.24) is 0 Å². The van der Waals surface area contributed by atoms with Gasteiger partial charge in [0.05, 0.1) is 15.5 Å². The number of phenols is 1. The molecule has 28 heavy (non-hydrogen) atoms. The number of phenolic OH excluding ortho intramolecular Hbond substituents is 1. The van der Waals surface area contributed by atoms with Crippen LogP contribution in [0.25, 0.3) is 10.8 Å². The summed E-state index contributed by atoms with van der Waals surface area (Å²) in [7, 11) is -8.79. The molecule has 0 heterocycles. The SMILES string of the molecule is O=S(=O)(O)c1cccc(N=Nc2c(O)ccc3cc(S(=O)(=O)O)ccc23)c1.[Na]. The number of nitrogens with zero attached hydrogens (tertiary/aromatic N) is 2. The van der Waals surface area contributed by atoms with Crippen LogP contribution < -0.4 is 0 Å². The molecule has 0 saturated carbocycles. The monoisotopic (exact) mass is 431 g/mol. The standard InChI is InChI=1S/C16H12N2O7S2.Na/c19-15-7-4-10-8-13(27(23,24)25)5-6-14(10)16(15)18-17-11-2-1-3-12(9-11)26(20,21)22;/h1-9,19H,(H,20,21,22)(H,23,24,25);. The summed E-state index contributed by atoms with van der Waals surface area (Å²) in [5.74, 6) is -0.239. The quantitative estimate of drug-likeness (QED) is 0.326. The third-order valence-corrected chi connectivity index (χ3v) is 5.32. The second-order valence-electron chi connectivity index (χ2n) is 5.46. The van der Waals surface area contributed by atoms with Crippen molar-refractivity contribution in [2.75, 3.05) is 0 Å². The zero-order chi connectivity index (χ0) is 19.8. The Morgan fingerprint density at radius 2 is 1.39 bits per heavy atom. The van der Waals surface area contributed by atoms with E-state index in [0.717, 1.165) is 12.1 Å². The van der Waals surface area contributed by atoms with Crippen molar-refractivity contribution in [3.05, 3.63) is 54.6 Å². The first-order valence-electron chi connectivity index (χ1n) is 7.28. The van der Waals surface area contributed by atoms with Gasteiger partial charge in [0, 0.05) is 34.9 Å². The van der Waals surface area contributed by atoms with Gasteiger partial charge in [-0.3, -0.25) is 9.11 Å². The minimum atomic E-state index is -4.40. The van der Waals surface area contributed by atoms with Gasteiger partial charge in [0.25, 0.3) is 20.2 Å². The Labute approximate surface area is 182 Å². The molecule has 0 bridgehead atoms. The van der Waals surface area contributed by atoms with Gasteiger partial charge in [0.2, 0.25) is 0 Å². The third-order valence-electron chi connectivity index (χ3n) is 3.62. The molecule has 0 saturated heterocycles. The van der Waals surface area contributed by atoms with Crippen molar-refractivity contribution >= 4 is 71.9 Å². The minimum absolute atomic E-state index is 0. The van der Waals surface area contributed by atoms with E-state index < -0.39 is 20.2 Å². The van der Waals surface area contributed by atoms with Crippen LogP contribution in [-0.2, 0) is 20.2 Å². The van der Waals surface area contributed by atoms with Crippen molar-refractivity contribution in [2.45, 2.75) is 9.79 Å². The van der Waals surface area contributed by atoms with Gasteiger partial charge in [-0.1, -0.05) is 18.2 Å². The Hall–Kier alpha value is -1.86. The summed E-state index contributed by atoms with van der Waals surface area (Å²) < 4.78 is 63.0. The molecular weight excluding hydrogens is 419 g/mol. The zero-order valence-corrected chi connectivity index (χ0v) is 18.0. The molecule has 0 aliphatic carbocycles. The van der Waals surface area contributed by atoms with Crippen LogP contribution in [0.3, 0.4) is 0 Å². The smallest absolute Gasteiger partial charge is 0.294 e. The molecule has 0 unspecified atom stereocenters. The number of benzene rings is 3. The molecule has 0 spiro atoms. The van der Waals surface area contributed by atoms with Crippen molar-refractivity contribution in [3.8, 4) is 5.75 Å². The summed E-state index contributed by atoms with van der Waals surface area (Å²) in [6, 6.07) is 11.5. The molecule has 9 nitrogen and oxygen atoms in total. The van der Waals surface area contributed by atoms with Crippen LogP contribution >= 0.6 is 0 Å². The number of hydrogen-bond donors (Lipinski definition) is 3. The molecule has 0 amide bonds. The second kappa shape index (κ2) is 8.25. The van der Waals surface area contributed by atoms with Crippen LogP contribution in [0.1, 0.15) is 0 Å². The molecule has 0 fully saturated rings. The van der Waals surface area contributed by atoms with Crippen molar-refractivity contribution < 1.29 is 31.0 Å². The molecule has 0 atom stereocenters. The van der Waals surface area contributed by atoms with Gasteiger partial charge in [-0.15, -0.1) is 5.11 Å². The van der Waals surface area contributed by atoms with Gasteiger partial charge in [-0.2, -0.15) is 21.9 Å². The number of hydrogen-bond acceptors (Lipinski definition) is 7. The van der Waals surface area contributed by atoms with Crippen molar-refractivity contribution in [2.24, 2.45) is 10.2 Å². The molecule has 141 valence electrons. The van der Waals surface area contributed by atoms with E-state index in [-0.39, 0.29) is 56.5 Å². The predicted molar refractivity (Wildman–Crippen MR) is 102 cm³/mol. The molecule has 3 aromatic carbocycles. The molecule has 3 N–H and O–H groups in total. The molecule has 3 aromatic rings.